The van der Waals surface area contributed by atoms with Crippen LogP contribution < -0.4 is 10.9 Å². The van der Waals surface area contributed by atoms with E-state index in [-0.39, 0.29) is 11.6 Å². The van der Waals surface area contributed by atoms with Gasteiger partial charge in [0, 0.05) is 24.5 Å². The van der Waals surface area contributed by atoms with Gasteiger partial charge in [-0.1, -0.05) is 18.2 Å². The number of nitrogens with one attached hydrogen (secondary N) is 1. The molecule has 1 N–H and O–H groups in total. The summed E-state index contributed by atoms with van der Waals surface area (Å²) in [6, 6.07) is 11.2. The molecule has 3 heterocycles. The van der Waals surface area contributed by atoms with E-state index in [0.717, 1.165) is 42.4 Å². The summed E-state index contributed by atoms with van der Waals surface area (Å²) in [5, 5.41) is 4.37. The van der Waals surface area contributed by atoms with Crippen molar-refractivity contribution < 1.29 is 4.42 Å². The summed E-state index contributed by atoms with van der Waals surface area (Å²) in [6.07, 6.45) is 3.47. The average molecular weight is 357 g/mol. The Balaban J connectivity index is 1.69. The first kappa shape index (κ1) is 15.2. The maximum atomic E-state index is 13.1. The van der Waals surface area contributed by atoms with E-state index in [9.17, 15) is 4.79 Å². The summed E-state index contributed by atoms with van der Waals surface area (Å²) in [5.74, 6) is 0. The van der Waals surface area contributed by atoms with Crippen molar-refractivity contribution in [1.29, 1.82) is 0 Å². The molecule has 2 aromatic heterocycles. The highest BCUT2D eigenvalue weighted by molar-refractivity contribution is 6.04. The number of benzene rings is 2. The van der Waals surface area contributed by atoms with Crippen molar-refractivity contribution in [2.45, 2.75) is 38.9 Å². The highest BCUT2D eigenvalue weighted by Gasteiger charge is 2.29. The minimum absolute atomic E-state index is 0.0350. The van der Waals surface area contributed by atoms with Gasteiger partial charge >= 0.3 is 0 Å². The predicted molar refractivity (Wildman–Crippen MR) is 105 cm³/mol. The van der Waals surface area contributed by atoms with Gasteiger partial charge in [0.1, 0.15) is 0 Å². The molecule has 27 heavy (non-hydrogen) atoms. The molecule has 0 bridgehead atoms. The standard InChI is InChI=1S/C22H19N3O2/c1-12-17(13-2-3-14-9-23-10-15(14)8-13)6-7-18-20(12)25(16-4-5-16)22(26)19-21(18)27-11-24-19/h2-3,6-8,11,16,23H,4-5,9-10H2,1H3. The first-order valence-electron chi connectivity index (χ1n) is 9.46. The third-order valence-electron chi connectivity index (χ3n) is 5.97. The lowest BCUT2D eigenvalue weighted by atomic mass is 9.95. The molecular formula is C22H19N3O2. The highest BCUT2D eigenvalue weighted by atomic mass is 16.3. The molecule has 5 heteroatoms. The van der Waals surface area contributed by atoms with Crippen molar-refractivity contribution >= 4 is 22.0 Å². The quantitative estimate of drug-likeness (QED) is 0.588. The number of fused-ring (bicyclic) bond motifs is 4. The maximum Gasteiger partial charge on any atom is 0.281 e. The van der Waals surface area contributed by atoms with Gasteiger partial charge in [0.25, 0.3) is 5.56 Å². The Morgan fingerprint density at radius 3 is 2.85 bits per heavy atom. The lowest BCUT2D eigenvalue weighted by Crippen LogP contribution is -2.20. The fourth-order valence-electron chi connectivity index (χ4n) is 4.46. The fraction of sp³-hybridized carbons (Fsp3) is 0.273. The number of hydrogen-bond acceptors (Lipinski definition) is 4. The molecule has 0 amide bonds. The molecular weight excluding hydrogens is 338 g/mol. The van der Waals surface area contributed by atoms with E-state index in [1.807, 2.05) is 4.57 Å². The Kier molecular flexibility index (Phi) is 2.98. The third kappa shape index (κ3) is 2.09. The molecule has 4 aromatic rings. The summed E-state index contributed by atoms with van der Waals surface area (Å²) in [6.45, 7) is 3.97. The van der Waals surface area contributed by atoms with E-state index in [0.29, 0.717) is 11.1 Å². The van der Waals surface area contributed by atoms with Crippen LogP contribution >= 0.6 is 0 Å². The summed E-state index contributed by atoms with van der Waals surface area (Å²) >= 11 is 0. The van der Waals surface area contributed by atoms with Gasteiger partial charge in [0.15, 0.2) is 17.5 Å². The first-order valence-corrected chi connectivity index (χ1v) is 9.46. The molecule has 0 saturated heterocycles. The zero-order chi connectivity index (χ0) is 18.1. The second-order valence-electron chi connectivity index (χ2n) is 7.66. The zero-order valence-electron chi connectivity index (χ0n) is 15.1. The van der Waals surface area contributed by atoms with Gasteiger partial charge < -0.3 is 14.3 Å². The molecule has 0 spiro atoms. The Labute approximate surface area is 155 Å². The van der Waals surface area contributed by atoms with E-state index in [2.05, 4.69) is 47.6 Å². The van der Waals surface area contributed by atoms with Crippen molar-refractivity contribution in [3.8, 4) is 11.1 Å². The molecule has 2 aliphatic rings. The summed E-state index contributed by atoms with van der Waals surface area (Å²) < 4.78 is 7.55. The normalized spacial score (nSPS) is 16.3. The van der Waals surface area contributed by atoms with Crippen LogP contribution in [0.15, 0.2) is 45.9 Å². The van der Waals surface area contributed by atoms with Gasteiger partial charge in [-0.3, -0.25) is 4.79 Å². The van der Waals surface area contributed by atoms with Crippen LogP contribution in [0, 0.1) is 6.92 Å². The van der Waals surface area contributed by atoms with E-state index in [1.54, 1.807) is 0 Å². The van der Waals surface area contributed by atoms with E-state index in [4.69, 9.17) is 4.42 Å². The highest BCUT2D eigenvalue weighted by Crippen LogP contribution is 2.40. The van der Waals surface area contributed by atoms with E-state index >= 15 is 0 Å². The lowest BCUT2D eigenvalue weighted by Gasteiger charge is -2.16. The monoisotopic (exact) mass is 357 g/mol. The molecule has 1 saturated carbocycles. The zero-order valence-corrected chi connectivity index (χ0v) is 15.1. The summed E-state index contributed by atoms with van der Waals surface area (Å²) in [4.78, 5) is 17.3. The van der Waals surface area contributed by atoms with Crippen molar-refractivity contribution in [2.75, 3.05) is 0 Å². The Morgan fingerprint density at radius 2 is 2.00 bits per heavy atom. The van der Waals surface area contributed by atoms with Gasteiger partial charge in [0.05, 0.1) is 5.52 Å². The number of aromatic nitrogens is 2. The minimum Gasteiger partial charge on any atom is -0.443 e. The van der Waals surface area contributed by atoms with E-state index < -0.39 is 0 Å². The molecule has 2 aromatic carbocycles. The number of nitrogens with zero attached hydrogens (tertiary/aromatic N) is 2. The van der Waals surface area contributed by atoms with Gasteiger partial charge in [-0.2, -0.15) is 0 Å². The Bertz CT molecular complexity index is 1290. The van der Waals surface area contributed by atoms with Crippen LogP contribution in [0.5, 0.6) is 0 Å². The van der Waals surface area contributed by atoms with E-state index in [1.165, 1.54) is 28.6 Å². The van der Waals surface area contributed by atoms with Crippen LogP contribution in [0.2, 0.25) is 0 Å². The van der Waals surface area contributed by atoms with Gasteiger partial charge in [-0.15, -0.1) is 0 Å². The van der Waals surface area contributed by atoms with Gasteiger partial charge in [-0.05, 0) is 59.7 Å². The molecule has 0 unspecified atom stereocenters. The molecule has 1 aliphatic carbocycles. The van der Waals surface area contributed by atoms with Crippen LogP contribution in [0.1, 0.15) is 35.6 Å². The molecule has 1 fully saturated rings. The second-order valence-corrected chi connectivity index (χ2v) is 7.66. The number of oxazole rings is 1. The van der Waals surface area contributed by atoms with Gasteiger partial charge in [0.2, 0.25) is 0 Å². The maximum absolute atomic E-state index is 13.1. The molecule has 0 atom stereocenters. The first-order chi connectivity index (χ1) is 13.2. The molecule has 0 radical (unpaired) electrons. The number of hydrogen-bond donors (Lipinski definition) is 1. The van der Waals surface area contributed by atoms with Crippen molar-refractivity contribution in [2.24, 2.45) is 0 Å². The van der Waals surface area contributed by atoms with Crippen LogP contribution in [0.3, 0.4) is 0 Å². The average Bonchev–Trinajstić information content (AvgIpc) is 3.19. The van der Waals surface area contributed by atoms with Crippen molar-refractivity contribution in [1.82, 2.24) is 14.9 Å². The fourth-order valence-corrected chi connectivity index (χ4v) is 4.46. The lowest BCUT2D eigenvalue weighted by molar-refractivity contribution is 0.604. The molecule has 1 aliphatic heterocycles. The topological polar surface area (TPSA) is 60.1 Å². The Morgan fingerprint density at radius 1 is 1.15 bits per heavy atom. The number of aryl methyl sites for hydroxylation is 1. The van der Waals surface area contributed by atoms with Crippen LogP contribution in [-0.4, -0.2) is 9.55 Å². The third-order valence-corrected chi connectivity index (χ3v) is 5.97. The Hall–Kier alpha value is -2.92. The van der Waals surface area contributed by atoms with Crippen molar-refractivity contribution in [3.05, 3.63) is 63.8 Å². The SMILES string of the molecule is Cc1c(-c2ccc3c(c2)CNC3)ccc2c3ocnc3c(=O)n(C3CC3)c12. The molecule has 6 rings (SSSR count). The van der Waals surface area contributed by atoms with Crippen LogP contribution in [-0.2, 0) is 13.1 Å². The number of rotatable bonds is 2. The summed E-state index contributed by atoms with van der Waals surface area (Å²) in [5.41, 5.74) is 8.21. The largest absolute Gasteiger partial charge is 0.443 e. The smallest absolute Gasteiger partial charge is 0.281 e. The molecule has 134 valence electrons. The number of pyridine rings is 1. The minimum atomic E-state index is -0.0350. The predicted octanol–water partition coefficient (Wildman–Crippen LogP) is 4.06. The van der Waals surface area contributed by atoms with Crippen molar-refractivity contribution in [3.63, 3.8) is 0 Å². The molecule has 5 nitrogen and oxygen atoms in total. The van der Waals surface area contributed by atoms with Gasteiger partial charge in [-0.25, -0.2) is 4.98 Å². The van der Waals surface area contributed by atoms with Crippen LogP contribution in [0.25, 0.3) is 33.1 Å². The van der Waals surface area contributed by atoms with Crippen LogP contribution in [0.4, 0.5) is 0 Å². The second kappa shape index (κ2) is 5.30. The summed E-state index contributed by atoms with van der Waals surface area (Å²) in [7, 11) is 0.